The van der Waals surface area contributed by atoms with Gasteiger partial charge in [-0.25, -0.2) is 4.57 Å². The lowest BCUT2D eigenvalue weighted by Crippen LogP contribution is -1.89. The summed E-state index contributed by atoms with van der Waals surface area (Å²) in [7, 11) is -3.81. The Morgan fingerprint density at radius 3 is 2.64 bits per heavy atom. The highest BCUT2D eigenvalue weighted by molar-refractivity contribution is 7.47. The largest absolute Gasteiger partial charge is 0.526 e. The molecule has 0 bridgehead atoms. The zero-order valence-electron chi connectivity index (χ0n) is 6.69. The maximum Gasteiger partial charge on any atom is 0.526 e. The number of allylic oxidation sites excluding steroid dienone is 1. The van der Waals surface area contributed by atoms with Gasteiger partial charge in [0.15, 0.2) is 0 Å². The quantitative estimate of drug-likeness (QED) is 0.519. The Balaban J connectivity index is 3.72. The van der Waals surface area contributed by atoms with Crippen LogP contribution in [0, 0.1) is 0 Å². The van der Waals surface area contributed by atoms with Crippen molar-refractivity contribution in [2.75, 3.05) is 6.61 Å². The van der Waals surface area contributed by atoms with Gasteiger partial charge in [0, 0.05) is 0 Å². The van der Waals surface area contributed by atoms with Crippen LogP contribution in [0.5, 0.6) is 0 Å². The summed E-state index contributed by atoms with van der Waals surface area (Å²) < 4.78 is 19.6. The monoisotopic (exact) mass is 180 g/mol. The fourth-order valence-corrected chi connectivity index (χ4v) is 1.04. The average molecular weight is 180 g/mol. The summed E-state index contributed by atoms with van der Waals surface area (Å²) in [5.74, 6) is 0. The molecule has 66 valence electrons. The minimum absolute atomic E-state index is 0.160. The molecule has 0 saturated heterocycles. The smallest absolute Gasteiger partial charge is 0.412 e. The lowest BCUT2D eigenvalue weighted by atomic mass is 10.5. The molecule has 0 fully saturated rings. The van der Waals surface area contributed by atoms with Gasteiger partial charge in [-0.3, -0.25) is 9.42 Å². The predicted octanol–water partition coefficient (Wildman–Crippen LogP) is 2.06. The number of phosphoric ester groups is 1. The van der Waals surface area contributed by atoms with Gasteiger partial charge in [0.2, 0.25) is 0 Å². The number of rotatable bonds is 5. The van der Waals surface area contributed by atoms with Crippen LogP contribution in [0.3, 0.4) is 0 Å². The lowest BCUT2D eigenvalue weighted by molar-refractivity contribution is 0.196. The molecule has 0 rings (SSSR count). The first-order valence-corrected chi connectivity index (χ1v) is 4.92. The Kier molecular flexibility index (Phi) is 5.20. The molecule has 0 heterocycles. The molecule has 0 amide bonds. The van der Waals surface area contributed by atoms with Gasteiger partial charge >= 0.3 is 7.82 Å². The van der Waals surface area contributed by atoms with E-state index in [2.05, 4.69) is 9.05 Å². The van der Waals surface area contributed by atoms with Gasteiger partial charge < -0.3 is 4.52 Å². The van der Waals surface area contributed by atoms with Crippen molar-refractivity contribution < 1.29 is 18.5 Å². The van der Waals surface area contributed by atoms with E-state index in [0.29, 0.717) is 0 Å². The molecular formula is C6H13O4P. The molecule has 1 unspecified atom stereocenters. The van der Waals surface area contributed by atoms with Gasteiger partial charge in [-0.15, -0.1) is 0 Å². The van der Waals surface area contributed by atoms with Gasteiger partial charge in [-0.05, 0) is 19.4 Å². The molecule has 0 aromatic carbocycles. The van der Waals surface area contributed by atoms with E-state index < -0.39 is 7.82 Å². The van der Waals surface area contributed by atoms with Crippen molar-refractivity contribution >= 4 is 7.82 Å². The van der Waals surface area contributed by atoms with E-state index in [4.69, 9.17) is 4.89 Å². The number of hydrogen-bond acceptors (Lipinski definition) is 3. The van der Waals surface area contributed by atoms with Crippen LogP contribution in [0.2, 0.25) is 0 Å². The second kappa shape index (κ2) is 5.35. The van der Waals surface area contributed by atoms with Crippen LogP contribution in [0.1, 0.15) is 20.3 Å². The van der Waals surface area contributed by atoms with Crippen LogP contribution in [0.15, 0.2) is 12.3 Å². The van der Waals surface area contributed by atoms with E-state index in [9.17, 15) is 4.57 Å². The summed E-state index contributed by atoms with van der Waals surface area (Å²) in [6.07, 6.45) is 3.56. The third-order valence-electron chi connectivity index (χ3n) is 0.818. The Labute approximate surface area is 66.4 Å². The number of hydrogen-bond donors (Lipinski definition) is 1. The summed E-state index contributed by atoms with van der Waals surface area (Å²) >= 11 is 0. The Morgan fingerprint density at radius 1 is 1.55 bits per heavy atom. The first kappa shape index (κ1) is 10.7. The fraction of sp³-hybridized carbons (Fsp3) is 0.667. The highest BCUT2D eigenvalue weighted by Crippen LogP contribution is 2.43. The second-order valence-electron chi connectivity index (χ2n) is 1.77. The van der Waals surface area contributed by atoms with Crippen LogP contribution >= 0.6 is 7.82 Å². The molecule has 0 aromatic rings. The third kappa shape index (κ3) is 6.10. The van der Waals surface area contributed by atoms with Gasteiger partial charge in [0.25, 0.3) is 0 Å². The van der Waals surface area contributed by atoms with Crippen molar-refractivity contribution in [3.8, 4) is 0 Å². The zero-order chi connectivity index (χ0) is 8.74. The van der Waals surface area contributed by atoms with Crippen molar-refractivity contribution in [3.63, 3.8) is 0 Å². The van der Waals surface area contributed by atoms with E-state index >= 15 is 0 Å². The normalized spacial score (nSPS) is 16.6. The standard InChI is InChI=1S/C6H13O4P/c1-3-5-6-10-11(7,8)9-4-2/h5-6H,3-4H2,1-2H3,(H,7,8). The third-order valence-corrected chi connectivity index (χ3v) is 1.79. The van der Waals surface area contributed by atoms with Crippen LogP contribution in [0.25, 0.3) is 0 Å². The topological polar surface area (TPSA) is 55.8 Å². The molecule has 1 N–H and O–H groups in total. The van der Waals surface area contributed by atoms with Crippen LogP contribution in [-0.4, -0.2) is 11.5 Å². The predicted molar refractivity (Wildman–Crippen MR) is 42.0 cm³/mol. The molecule has 0 saturated carbocycles. The molecule has 1 atom stereocenters. The molecule has 0 aliphatic rings. The Morgan fingerprint density at radius 2 is 2.18 bits per heavy atom. The molecule has 0 spiro atoms. The summed E-state index contributed by atoms with van der Waals surface area (Å²) in [5.41, 5.74) is 0. The zero-order valence-corrected chi connectivity index (χ0v) is 7.58. The van der Waals surface area contributed by atoms with Crippen molar-refractivity contribution in [2.24, 2.45) is 0 Å². The van der Waals surface area contributed by atoms with E-state index in [1.165, 1.54) is 6.26 Å². The van der Waals surface area contributed by atoms with E-state index in [-0.39, 0.29) is 6.61 Å². The Bertz CT molecular complexity index is 166. The minimum atomic E-state index is -3.81. The SMILES string of the molecule is CCC=COP(=O)(O)OCC. The Hall–Kier alpha value is -0.310. The molecule has 11 heavy (non-hydrogen) atoms. The van der Waals surface area contributed by atoms with Gasteiger partial charge in [0.05, 0.1) is 12.9 Å². The fourth-order valence-electron chi connectivity index (χ4n) is 0.410. The minimum Gasteiger partial charge on any atom is -0.412 e. The van der Waals surface area contributed by atoms with Crippen molar-refractivity contribution in [1.82, 2.24) is 0 Å². The van der Waals surface area contributed by atoms with Crippen molar-refractivity contribution in [1.29, 1.82) is 0 Å². The first-order valence-electron chi connectivity index (χ1n) is 3.43. The maximum absolute atomic E-state index is 10.7. The highest BCUT2D eigenvalue weighted by atomic mass is 31.2. The molecule has 4 nitrogen and oxygen atoms in total. The lowest BCUT2D eigenvalue weighted by Gasteiger charge is -2.07. The molecule has 0 aliphatic heterocycles. The summed E-state index contributed by atoms with van der Waals surface area (Å²) in [6, 6.07) is 0. The molecular weight excluding hydrogens is 167 g/mol. The van der Waals surface area contributed by atoms with Crippen LogP contribution in [-0.2, 0) is 13.6 Å². The van der Waals surface area contributed by atoms with Gasteiger partial charge in [-0.1, -0.05) is 6.92 Å². The van der Waals surface area contributed by atoms with E-state index in [1.807, 2.05) is 6.92 Å². The molecule has 0 aliphatic carbocycles. The summed E-state index contributed by atoms with van der Waals surface area (Å²) in [4.78, 5) is 8.80. The van der Waals surface area contributed by atoms with Crippen LogP contribution in [0.4, 0.5) is 0 Å². The van der Waals surface area contributed by atoms with Crippen molar-refractivity contribution in [2.45, 2.75) is 20.3 Å². The van der Waals surface area contributed by atoms with E-state index in [1.54, 1.807) is 13.0 Å². The summed E-state index contributed by atoms with van der Waals surface area (Å²) in [6.45, 7) is 3.67. The highest BCUT2D eigenvalue weighted by Gasteiger charge is 2.18. The van der Waals surface area contributed by atoms with Crippen LogP contribution < -0.4 is 0 Å². The van der Waals surface area contributed by atoms with Crippen molar-refractivity contribution in [3.05, 3.63) is 12.3 Å². The molecule has 0 aromatic heterocycles. The second-order valence-corrected chi connectivity index (χ2v) is 3.18. The van der Waals surface area contributed by atoms with E-state index in [0.717, 1.165) is 6.42 Å². The van der Waals surface area contributed by atoms with Gasteiger partial charge in [0.1, 0.15) is 0 Å². The average Bonchev–Trinajstić information content (AvgIpc) is 1.87. The maximum atomic E-state index is 10.7. The number of phosphoric acid groups is 1. The molecule has 5 heteroatoms. The first-order chi connectivity index (χ1) is 5.12. The van der Waals surface area contributed by atoms with Gasteiger partial charge in [-0.2, -0.15) is 0 Å². The summed E-state index contributed by atoms with van der Waals surface area (Å²) in [5, 5.41) is 0. The molecule has 0 radical (unpaired) electrons.